The standard InChI is InChI=1S/C13H20N4O2.ClH/c18-12(16-8-10-19-11-9-16)13(2-5-14-6-3-13)17-7-1-4-15-17;/h1,4,7,14H,2-3,5-6,8-11H2;1H. The number of amides is 1. The molecule has 0 aliphatic carbocycles. The van der Waals surface area contributed by atoms with Gasteiger partial charge in [-0.3, -0.25) is 9.48 Å². The molecule has 20 heavy (non-hydrogen) atoms. The lowest BCUT2D eigenvalue weighted by Gasteiger charge is -2.41. The van der Waals surface area contributed by atoms with Crippen molar-refractivity contribution in [3.8, 4) is 0 Å². The number of hydrogen-bond donors (Lipinski definition) is 1. The van der Waals surface area contributed by atoms with Crippen molar-refractivity contribution < 1.29 is 9.53 Å². The Bertz CT molecular complexity index is 426. The molecule has 0 radical (unpaired) electrons. The summed E-state index contributed by atoms with van der Waals surface area (Å²) in [6, 6.07) is 1.89. The number of carbonyl (C=O) groups is 1. The highest BCUT2D eigenvalue weighted by atomic mass is 35.5. The van der Waals surface area contributed by atoms with E-state index in [-0.39, 0.29) is 18.3 Å². The first-order chi connectivity index (χ1) is 9.33. The van der Waals surface area contributed by atoms with E-state index in [0.717, 1.165) is 25.9 Å². The number of piperidine rings is 1. The van der Waals surface area contributed by atoms with E-state index < -0.39 is 5.54 Å². The van der Waals surface area contributed by atoms with Crippen LogP contribution in [0.3, 0.4) is 0 Å². The lowest BCUT2D eigenvalue weighted by Crippen LogP contribution is -2.57. The molecule has 112 valence electrons. The Morgan fingerprint density at radius 2 is 1.95 bits per heavy atom. The van der Waals surface area contributed by atoms with E-state index >= 15 is 0 Å². The van der Waals surface area contributed by atoms with Crippen molar-refractivity contribution >= 4 is 18.3 Å². The highest BCUT2D eigenvalue weighted by Gasteiger charge is 2.44. The number of ether oxygens (including phenoxy) is 1. The van der Waals surface area contributed by atoms with Gasteiger partial charge in [0.15, 0.2) is 0 Å². The van der Waals surface area contributed by atoms with E-state index in [1.54, 1.807) is 6.20 Å². The van der Waals surface area contributed by atoms with Crippen LogP contribution in [0.25, 0.3) is 0 Å². The van der Waals surface area contributed by atoms with E-state index in [4.69, 9.17) is 4.74 Å². The predicted molar refractivity (Wildman–Crippen MR) is 77.0 cm³/mol. The molecule has 1 aromatic heterocycles. The van der Waals surface area contributed by atoms with Crippen molar-refractivity contribution in [2.24, 2.45) is 0 Å². The summed E-state index contributed by atoms with van der Waals surface area (Å²) in [6.45, 7) is 4.37. The Labute approximate surface area is 124 Å². The van der Waals surface area contributed by atoms with Crippen LogP contribution in [0.1, 0.15) is 12.8 Å². The number of morpholine rings is 1. The van der Waals surface area contributed by atoms with Gasteiger partial charge in [0, 0.05) is 25.5 Å². The molecule has 7 heteroatoms. The fourth-order valence-corrected chi connectivity index (χ4v) is 2.96. The number of rotatable bonds is 2. The lowest BCUT2D eigenvalue weighted by atomic mass is 9.86. The normalized spacial score (nSPS) is 22.1. The first-order valence-corrected chi connectivity index (χ1v) is 6.91. The van der Waals surface area contributed by atoms with Crippen molar-refractivity contribution in [3.05, 3.63) is 18.5 Å². The quantitative estimate of drug-likeness (QED) is 0.850. The minimum atomic E-state index is -0.508. The number of aromatic nitrogens is 2. The Hall–Kier alpha value is -1.11. The van der Waals surface area contributed by atoms with Gasteiger partial charge < -0.3 is 15.0 Å². The molecule has 0 atom stereocenters. The molecule has 2 aliphatic rings. The Balaban J connectivity index is 0.00000147. The second kappa shape index (κ2) is 6.56. The Morgan fingerprint density at radius 3 is 2.55 bits per heavy atom. The van der Waals surface area contributed by atoms with Crippen LogP contribution in [0.5, 0.6) is 0 Å². The van der Waals surface area contributed by atoms with E-state index in [1.807, 2.05) is 21.8 Å². The molecule has 1 N–H and O–H groups in total. The van der Waals surface area contributed by atoms with Gasteiger partial charge in [-0.25, -0.2) is 0 Å². The van der Waals surface area contributed by atoms with Crippen LogP contribution >= 0.6 is 12.4 Å². The smallest absolute Gasteiger partial charge is 0.250 e. The van der Waals surface area contributed by atoms with Crippen LogP contribution < -0.4 is 5.32 Å². The fraction of sp³-hybridized carbons (Fsp3) is 0.692. The van der Waals surface area contributed by atoms with Crippen LogP contribution in [0.4, 0.5) is 0 Å². The molecule has 2 fully saturated rings. The SMILES string of the molecule is Cl.O=C(N1CCOCC1)C1(n2cccn2)CCNCC1. The zero-order chi connectivity index (χ0) is 13.1. The maximum Gasteiger partial charge on any atom is 0.250 e. The third-order valence-corrected chi connectivity index (χ3v) is 4.07. The number of halogens is 1. The van der Waals surface area contributed by atoms with Gasteiger partial charge in [-0.15, -0.1) is 12.4 Å². The average molecular weight is 301 g/mol. The fourth-order valence-electron chi connectivity index (χ4n) is 2.96. The van der Waals surface area contributed by atoms with E-state index in [1.165, 1.54) is 0 Å². The van der Waals surface area contributed by atoms with Gasteiger partial charge in [0.2, 0.25) is 0 Å². The largest absolute Gasteiger partial charge is 0.378 e. The first kappa shape index (κ1) is 15.3. The van der Waals surface area contributed by atoms with Gasteiger partial charge in [-0.2, -0.15) is 5.10 Å². The second-order valence-corrected chi connectivity index (χ2v) is 5.14. The van der Waals surface area contributed by atoms with Gasteiger partial charge in [-0.05, 0) is 32.0 Å². The monoisotopic (exact) mass is 300 g/mol. The summed E-state index contributed by atoms with van der Waals surface area (Å²) in [6.07, 6.45) is 5.25. The van der Waals surface area contributed by atoms with Crippen molar-refractivity contribution in [1.82, 2.24) is 20.0 Å². The number of carbonyl (C=O) groups excluding carboxylic acids is 1. The van der Waals surface area contributed by atoms with Crippen molar-refractivity contribution in [3.63, 3.8) is 0 Å². The Morgan fingerprint density at radius 1 is 1.25 bits per heavy atom. The topological polar surface area (TPSA) is 59.4 Å². The van der Waals surface area contributed by atoms with Crippen LogP contribution in [-0.4, -0.2) is 60.0 Å². The lowest BCUT2D eigenvalue weighted by molar-refractivity contribution is -0.147. The summed E-state index contributed by atoms with van der Waals surface area (Å²) in [5.74, 6) is 0.195. The number of hydrogen-bond acceptors (Lipinski definition) is 4. The molecule has 0 saturated carbocycles. The van der Waals surface area contributed by atoms with Crippen LogP contribution in [-0.2, 0) is 15.1 Å². The molecular formula is C13H21ClN4O2. The van der Waals surface area contributed by atoms with Gasteiger partial charge in [0.05, 0.1) is 13.2 Å². The highest BCUT2D eigenvalue weighted by molar-refractivity contribution is 5.85. The second-order valence-electron chi connectivity index (χ2n) is 5.14. The summed E-state index contributed by atoms with van der Waals surface area (Å²) in [5.41, 5.74) is -0.508. The van der Waals surface area contributed by atoms with Crippen LogP contribution in [0.15, 0.2) is 18.5 Å². The first-order valence-electron chi connectivity index (χ1n) is 6.91. The minimum Gasteiger partial charge on any atom is -0.378 e. The molecule has 3 rings (SSSR count). The molecule has 0 aromatic carbocycles. The maximum atomic E-state index is 13.0. The predicted octanol–water partition coefficient (Wildman–Crippen LogP) is 0.242. The van der Waals surface area contributed by atoms with E-state index in [2.05, 4.69) is 10.4 Å². The summed E-state index contributed by atoms with van der Waals surface area (Å²) >= 11 is 0. The van der Waals surface area contributed by atoms with E-state index in [9.17, 15) is 4.79 Å². The van der Waals surface area contributed by atoms with Crippen molar-refractivity contribution in [2.75, 3.05) is 39.4 Å². The number of nitrogens with one attached hydrogen (secondary N) is 1. The third-order valence-electron chi connectivity index (χ3n) is 4.07. The molecule has 1 amide bonds. The van der Waals surface area contributed by atoms with Crippen LogP contribution in [0, 0.1) is 0 Å². The molecule has 2 saturated heterocycles. The van der Waals surface area contributed by atoms with Gasteiger partial charge in [-0.1, -0.05) is 0 Å². The van der Waals surface area contributed by atoms with Gasteiger partial charge in [0.25, 0.3) is 5.91 Å². The molecule has 0 unspecified atom stereocenters. The summed E-state index contributed by atoms with van der Waals surface area (Å²) in [5, 5.41) is 7.66. The molecule has 0 spiro atoms. The molecule has 0 bridgehead atoms. The summed E-state index contributed by atoms with van der Waals surface area (Å²) in [7, 11) is 0. The average Bonchev–Trinajstić information content (AvgIpc) is 3.03. The molecule has 2 aliphatic heterocycles. The molecule has 1 aromatic rings. The minimum absolute atomic E-state index is 0. The molecule has 3 heterocycles. The highest BCUT2D eigenvalue weighted by Crippen LogP contribution is 2.29. The summed E-state index contributed by atoms with van der Waals surface area (Å²) in [4.78, 5) is 14.9. The zero-order valence-electron chi connectivity index (χ0n) is 11.5. The summed E-state index contributed by atoms with van der Waals surface area (Å²) < 4.78 is 7.18. The Kier molecular flexibility index (Phi) is 5.01. The van der Waals surface area contributed by atoms with Gasteiger partial charge in [0.1, 0.15) is 5.54 Å². The molecule has 6 nitrogen and oxygen atoms in total. The molecular weight excluding hydrogens is 280 g/mol. The third kappa shape index (κ3) is 2.68. The zero-order valence-corrected chi connectivity index (χ0v) is 12.3. The van der Waals surface area contributed by atoms with Crippen molar-refractivity contribution in [1.29, 1.82) is 0 Å². The van der Waals surface area contributed by atoms with Crippen LogP contribution in [0.2, 0.25) is 0 Å². The number of nitrogens with zero attached hydrogens (tertiary/aromatic N) is 3. The van der Waals surface area contributed by atoms with Gasteiger partial charge >= 0.3 is 0 Å². The maximum absolute atomic E-state index is 13.0. The van der Waals surface area contributed by atoms with E-state index in [0.29, 0.717) is 26.3 Å². The van der Waals surface area contributed by atoms with Crippen molar-refractivity contribution in [2.45, 2.75) is 18.4 Å².